The fourth-order valence-corrected chi connectivity index (χ4v) is 2.47. The molecule has 0 aliphatic heterocycles. The zero-order valence-electron chi connectivity index (χ0n) is 10.0. The first kappa shape index (κ1) is 12.0. The zero-order valence-corrected chi connectivity index (χ0v) is 10.0. The maximum Gasteiger partial charge on any atom is 0.0667 e. The van der Waals surface area contributed by atoms with E-state index in [1.807, 2.05) is 0 Å². The lowest BCUT2D eigenvalue weighted by molar-refractivity contribution is 0.102. The predicted octanol–water partition coefficient (Wildman–Crippen LogP) is 2.44. The van der Waals surface area contributed by atoms with Gasteiger partial charge in [-0.25, -0.2) is 0 Å². The van der Waals surface area contributed by atoms with E-state index in [0.717, 1.165) is 18.4 Å². The van der Waals surface area contributed by atoms with Crippen molar-refractivity contribution in [3.05, 3.63) is 0 Å². The standard InChI is InChI=1S/C12H25NO/c1-9-6-5-7-10(2)12(9)13-8-11(3)14-4/h9-13H,5-8H2,1-4H3. The Morgan fingerprint density at radius 1 is 1.29 bits per heavy atom. The van der Waals surface area contributed by atoms with E-state index in [-0.39, 0.29) is 0 Å². The Hall–Kier alpha value is -0.0800. The molecule has 1 saturated carbocycles. The predicted molar refractivity (Wildman–Crippen MR) is 60.4 cm³/mol. The summed E-state index contributed by atoms with van der Waals surface area (Å²) in [5.41, 5.74) is 0. The molecule has 0 radical (unpaired) electrons. The van der Waals surface area contributed by atoms with Gasteiger partial charge in [-0.3, -0.25) is 0 Å². The minimum absolute atomic E-state index is 0.330. The second kappa shape index (κ2) is 5.72. The molecule has 1 rings (SSSR count). The molecule has 1 fully saturated rings. The highest BCUT2D eigenvalue weighted by Gasteiger charge is 2.27. The van der Waals surface area contributed by atoms with Crippen LogP contribution >= 0.6 is 0 Å². The smallest absolute Gasteiger partial charge is 0.0667 e. The van der Waals surface area contributed by atoms with Crippen molar-refractivity contribution in [2.45, 2.75) is 52.2 Å². The summed E-state index contributed by atoms with van der Waals surface area (Å²) in [4.78, 5) is 0. The first-order valence-corrected chi connectivity index (χ1v) is 5.91. The van der Waals surface area contributed by atoms with Gasteiger partial charge in [0.25, 0.3) is 0 Å². The van der Waals surface area contributed by atoms with E-state index < -0.39 is 0 Å². The number of methoxy groups -OCH3 is 1. The molecular weight excluding hydrogens is 174 g/mol. The summed E-state index contributed by atoms with van der Waals surface area (Å²) >= 11 is 0. The van der Waals surface area contributed by atoms with Crippen LogP contribution in [0.15, 0.2) is 0 Å². The van der Waals surface area contributed by atoms with Crippen molar-refractivity contribution >= 4 is 0 Å². The monoisotopic (exact) mass is 199 g/mol. The van der Waals surface area contributed by atoms with Crippen molar-refractivity contribution in [1.82, 2.24) is 5.32 Å². The van der Waals surface area contributed by atoms with E-state index in [0.29, 0.717) is 12.1 Å². The Labute approximate surface area is 88.4 Å². The van der Waals surface area contributed by atoms with Crippen molar-refractivity contribution in [2.75, 3.05) is 13.7 Å². The highest BCUT2D eigenvalue weighted by molar-refractivity contribution is 4.83. The van der Waals surface area contributed by atoms with Crippen molar-refractivity contribution in [3.63, 3.8) is 0 Å². The average molecular weight is 199 g/mol. The minimum atomic E-state index is 0.330. The molecule has 1 N–H and O–H groups in total. The molecule has 0 saturated heterocycles. The Balaban J connectivity index is 2.32. The van der Waals surface area contributed by atoms with Gasteiger partial charge in [-0.2, -0.15) is 0 Å². The maximum atomic E-state index is 5.25. The molecule has 1 aliphatic rings. The molecule has 0 aromatic heterocycles. The van der Waals surface area contributed by atoms with Crippen LogP contribution in [0.4, 0.5) is 0 Å². The van der Waals surface area contributed by atoms with Gasteiger partial charge in [0.15, 0.2) is 0 Å². The zero-order chi connectivity index (χ0) is 10.6. The third-order valence-electron chi connectivity index (χ3n) is 3.59. The van der Waals surface area contributed by atoms with E-state index >= 15 is 0 Å². The third-order valence-corrected chi connectivity index (χ3v) is 3.59. The lowest BCUT2D eigenvalue weighted by Gasteiger charge is -2.35. The van der Waals surface area contributed by atoms with Crippen LogP contribution in [-0.2, 0) is 4.74 Å². The van der Waals surface area contributed by atoms with Crippen molar-refractivity contribution in [3.8, 4) is 0 Å². The Kier molecular flexibility index (Phi) is 4.90. The van der Waals surface area contributed by atoms with Gasteiger partial charge >= 0.3 is 0 Å². The maximum absolute atomic E-state index is 5.25. The van der Waals surface area contributed by atoms with Gasteiger partial charge in [-0.15, -0.1) is 0 Å². The Bertz CT molecular complexity index is 150. The molecule has 14 heavy (non-hydrogen) atoms. The highest BCUT2D eigenvalue weighted by atomic mass is 16.5. The highest BCUT2D eigenvalue weighted by Crippen LogP contribution is 2.28. The van der Waals surface area contributed by atoms with Crippen molar-refractivity contribution in [1.29, 1.82) is 0 Å². The fourth-order valence-electron chi connectivity index (χ4n) is 2.47. The van der Waals surface area contributed by atoms with E-state index in [2.05, 4.69) is 26.1 Å². The lowest BCUT2D eigenvalue weighted by atomic mass is 9.79. The molecular formula is C12H25NO. The van der Waals surface area contributed by atoms with Crippen LogP contribution in [0.2, 0.25) is 0 Å². The van der Waals surface area contributed by atoms with Crippen LogP contribution in [0, 0.1) is 11.8 Å². The third kappa shape index (κ3) is 3.25. The molecule has 84 valence electrons. The summed E-state index contributed by atoms with van der Waals surface area (Å²) in [5, 5.41) is 3.65. The van der Waals surface area contributed by atoms with Gasteiger partial charge in [-0.05, 0) is 31.6 Å². The van der Waals surface area contributed by atoms with Crippen LogP contribution < -0.4 is 5.32 Å². The molecule has 0 aromatic carbocycles. The normalized spacial score (nSPS) is 35.6. The lowest BCUT2D eigenvalue weighted by Crippen LogP contribution is -2.45. The molecule has 0 amide bonds. The summed E-state index contributed by atoms with van der Waals surface area (Å²) in [6, 6.07) is 0.696. The Morgan fingerprint density at radius 2 is 1.86 bits per heavy atom. The number of rotatable bonds is 4. The first-order valence-electron chi connectivity index (χ1n) is 5.91. The topological polar surface area (TPSA) is 21.3 Å². The van der Waals surface area contributed by atoms with E-state index in [1.165, 1.54) is 19.3 Å². The molecule has 3 unspecified atom stereocenters. The number of nitrogens with one attached hydrogen (secondary N) is 1. The summed E-state index contributed by atoms with van der Waals surface area (Å²) < 4.78 is 5.25. The molecule has 1 aliphatic carbocycles. The van der Waals surface area contributed by atoms with Gasteiger partial charge in [0.05, 0.1) is 6.10 Å². The van der Waals surface area contributed by atoms with Gasteiger partial charge in [0.1, 0.15) is 0 Å². The molecule has 2 heteroatoms. The first-order chi connectivity index (χ1) is 6.65. The molecule has 2 nitrogen and oxygen atoms in total. The van der Waals surface area contributed by atoms with Crippen LogP contribution in [0.3, 0.4) is 0 Å². The number of hydrogen-bond donors (Lipinski definition) is 1. The van der Waals surface area contributed by atoms with Gasteiger partial charge in [0, 0.05) is 19.7 Å². The van der Waals surface area contributed by atoms with Crippen molar-refractivity contribution < 1.29 is 4.74 Å². The van der Waals surface area contributed by atoms with Gasteiger partial charge in [0.2, 0.25) is 0 Å². The average Bonchev–Trinajstić information content (AvgIpc) is 2.16. The van der Waals surface area contributed by atoms with E-state index in [1.54, 1.807) is 7.11 Å². The van der Waals surface area contributed by atoms with Crippen LogP contribution in [0.25, 0.3) is 0 Å². The molecule has 0 aromatic rings. The summed E-state index contributed by atoms with van der Waals surface area (Å²) in [6.45, 7) is 7.83. The van der Waals surface area contributed by atoms with Crippen molar-refractivity contribution in [2.24, 2.45) is 11.8 Å². The second-order valence-electron chi connectivity index (χ2n) is 4.87. The summed E-state index contributed by atoms with van der Waals surface area (Å²) in [7, 11) is 1.78. The molecule has 0 bridgehead atoms. The summed E-state index contributed by atoms with van der Waals surface area (Å²) in [5.74, 6) is 1.64. The SMILES string of the molecule is COC(C)CNC1C(C)CCCC1C. The summed E-state index contributed by atoms with van der Waals surface area (Å²) in [6.07, 6.45) is 4.49. The minimum Gasteiger partial charge on any atom is -0.380 e. The second-order valence-corrected chi connectivity index (χ2v) is 4.87. The number of ether oxygens (including phenoxy) is 1. The van der Waals surface area contributed by atoms with E-state index in [9.17, 15) is 0 Å². The van der Waals surface area contributed by atoms with Gasteiger partial charge < -0.3 is 10.1 Å². The number of hydrogen-bond acceptors (Lipinski definition) is 2. The largest absolute Gasteiger partial charge is 0.380 e. The van der Waals surface area contributed by atoms with Crippen LogP contribution in [0.1, 0.15) is 40.0 Å². The molecule has 0 heterocycles. The fraction of sp³-hybridized carbons (Fsp3) is 1.00. The van der Waals surface area contributed by atoms with Gasteiger partial charge in [-0.1, -0.05) is 20.3 Å². The van der Waals surface area contributed by atoms with Crippen LogP contribution in [0.5, 0.6) is 0 Å². The Morgan fingerprint density at radius 3 is 2.36 bits per heavy atom. The molecule has 3 atom stereocenters. The quantitative estimate of drug-likeness (QED) is 0.751. The van der Waals surface area contributed by atoms with Crippen LogP contribution in [-0.4, -0.2) is 25.8 Å². The molecule has 0 spiro atoms. The van der Waals surface area contributed by atoms with E-state index in [4.69, 9.17) is 4.74 Å².